The van der Waals surface area contributed by atoms with Gasteiger partial charge in [-0.15, -0.1) is 0 Å². The van der Waals surface area contributed by atoms with Crippen molar-refractivity contribution in [1.29, 1.82) is 5.26 Å². The molecule has 0 bridgehead atoms. The van der Waals surface area contributed by atoms with Gasteiger partial charge >= 0.3 is 0 Å². The first-order valence-electron chi connectivity index (χ1n) is 3.33. The first-order chi connectivity index (χ1) is 5.05. The van der Waals surface area contributed by atoms with E-state index < -0.39 is 21.9 Å². The number of aliphatic hydroxyl groups is 1. The highest BCUT2D eigenvalue weighted by molar-refractivity contribution is 7.91. The van der Waals surface area contributed by atoms with Crippen molar-refractivity contribution in [3.05, 3.63) is 0 Å². The van der Waals surface area contributed by atoms with Crippen LogP contribution in [0.1, 0.15) is 6.42 Å². The van der Waals surface area contributed by atoms with Gasteiger partial charge in [0.05, 0.1) is 29.6 Å². The van der Waals surface area contributed by atoms with Crippen molar-refractivity contribution in [1.82, 2.24) is 0 Å². The number of sulfone groups is 1. The van der Waals surface area contributed by atoms with Crippen molar-refractivity contribution >= 4 is 9.84 Å². The molecular formula is C6H9NO3S. The van der Waals surface area contributed by atoms with Crippen LogP contribution in [0.5, 0.6) is 0 Å². The van der Waals surface area contributed by atoms with E-state index in [1.165, 1.54) is 0 Å². The fourth-order valence-corrected chi connectivity index (χ4v) is 2.70. The molecule has 1 N–H and O–H groups in total. The Morgan fingerprint density at radius 2 is 2.18 bits per heavy atom. The predicted molar refractivity (Wildman–Crippen MR) is 38.4 cm³/mol. The third-order valence-corrected chi connectivity index (χ3v) is 3.51. The van der Waals surface area contributed by atoms with Gasteiger partial charge in [0.2, 0.25) is 0 Å². The average molecular weight is 175 g/mol. The second-order valence-electron chi connectivity index (χ2n) is 2.71. The maximum atomic E-state index is 10.9. The Bertz CT molecular complexity index is 277. The molecule has 62 valence electrons. The summed E-state index contributed by atoms with van der Waals surface area (Å²) >= 11 is 0. The van der Waals surface area contributed by atoms with Crippen molar-refractivity contribution < 1.29 is 13.5 Å². The lowest BCUT2D eigenvalue weighted by molar-refractivity contribution is 0.133. The van der Waals surface area contributed by atoms with E-state index in [1.807, 2.05) is 0 Å². The number of nitrogens with zero attached hydrogens (tertiary/aromatic N) is 1. The van der Waals surface area contributed by atoms with Crippen LogP contribution in [0.15, 0.2) is 0 Å². The monoisotopic (exact) mass is 175 g/mol. The Kier molecular flexibility index (Phi) is 2.16. The molecule has 1 saturated heterocycles. The summed E-state index contributed by atoms with van der Waals surface area (Å²) in [6, 6.07) is 1.78. The molecule has 1 aliphatic heterocycles. The van der Waals surface area contributed by atoms with Gasteiger partial charge in [0.15, 0.2) is 9.84 Å². The second-order valence-corrected chi connectivity index (χ2v) is 4.93. The third-order valence-electron chi connectivity index (χ3n) is 1.79. The maximum absolute atomic E-state index is 10.9. The summed E-state index contributed by atoms with van der Waals surface area (Å²) in [4.78, 5) is 0. The molecule has 0 radical (unpaired) electrons. The smallest absolute Gasteiger partial charge is 0.151 e. The zero-order valence-electron chi connectivity index (χ0n) is 5.90. The zero-order chi connectivity index (χ0) is 8.48. The minimum atomic E-state index is -3.06. The first-order valence-corrected chi connectivity index (χ1v) is 5.15. The minimum Gasteiger partial charge on any atom is -0.392 e. The summed E-state index contributed by atoms with van der Waals surface area (Å²) in [5.41, 5.74) is 0. The van der Waals surface area contributed by atoms with Crippen molar-refractivity contribution in [2.75, 3.05) is 11.5 Å². The molecule has 1 fully saturated rings. The molecule has 0 unspecified atom stereocenters. The number of nitriles is 1. The van der Waals surface area contributed by atoms with Crippen LogP contribution in [0.4, 0.5) is 0 Å². The van der Waals surface area contributed by atoms with Crippen molar-refractivity contribution in [3.63, 3.8) is 0 Å². The summed E-state index contributed by atoms with van der Waals surface area (Å²) in [6.45, 7) is 0. The van der Waals surface area contributed by atoms with Crippen LogP contribution in [-0.2, 0) is 9.84 Å². The van der Waals surface area contributed by atoms with Crippen LogP contribution < -0.4 is 0 Å². The molecule has 0 aromatic rings. The molecular weight excluding hydrogens is 166 g/mol. The Labute approximate surface area is 65.4 Å². The van der Waals surface area contributed by atoms with Gasteiger partial charge in [-0.3, -0.25) is 0 Å². The topological polar surface area (TPSA) is 78.2 Å². The molecule has 1 rings (SSSR count). The molecule has 1 heterocycles. The number of hydrogen-bond acceptors (Lipinski definition) is 4. The molecule has 0 aromatic heterocycles. The fraction of sp³-hybridized carbons (Fsp3) is 0.833. The number of rotatable bonds is 0. The Morgan fingerprint density at radius 3 is 2.64 bits per heavy atom. The van der Waals surface area contributed by atoms with Crippen LogP contribution in [0, 0.1) is 17.2 Å². The van der Waals surface area contributed by atoms with E-state index in [4.69, 9.17) is 10.4 Å². The molecule has 11 heavy (non-hydrogen) atoms. The van der Waals surface area contributed by atoms with Gasteiger partial charge in [0.1, 0.15) is 0 Å². The molecule has 5 heteroatoms. The van der Waals surface area contributed by atoms with Crippen LogP contribution in [0.3, 0.4) is 0 Å². The molecule has 4 nitrogen and oxygen atoms in total. The SMILES string of the molecule is N#C[C@H]1CS(=O)(=O)CC[C@@H]1O. The second kappa shape index (κ2) is 2.80. The van der Waals surface area contributed by atoms with Crippen LogP contribution in [0.25, 0.3) is 0 Å². The van der Waals surface area contributed by atoms with E-state index in [1.54, 1.807) is 6.07 Å². The first kappa shape index (κ1) is 8.50. The van der Waals surface area contributed by atoms with E-state index in [0.717, 1.165) is 0 Å². The van der Waals surface area contributed by atoms with Gasteiger partial charge in [-0.25, -0.2) is 8.42 Å². The Balaban J connectivity index is 2.76. The Hall–Kier alpha value is -0.600. The Morgan fingerprint density at radius 1 is 1.55 bits per heavy atom. The lowest BCUT2D eigenvalue weighted by Gasteiger charge is -2.21. The lowest BCUT2D eigenvalue weighted by Crippen LogP contribution is -2.35. The maximum Gasteiger partial charge on any atom is 0.151 e. The molecule has 0 spiro atoms. The standard InChI is InChI=1S/C6H9NO3S/c7-3-5-4-11(9,10)2-1-6(5)8/h5-6,8H,1-2,4H2/t5-,6-/m0/s1. The van der Waals surface area contributed by atoms with E-state index in [-0.39, 0.29) is 17.9 Å². The average Bonchev–Trinajstić information content (AvgIpc) is 1.94. The molecule has 0 aliphatic carbocycles. The normalized spacial score (nSPS) is 36.0. The summed E-state index contributed by atoms with van der Waals surface area (Å²) in [5, 5.41) is 17.5. The van der Waals surface area contributed by atoms with Crippen molar-refractivity contribution in [2.24, 2.45) is 5.92 Å². The molecule has 2 atom stereocenters. The summed E-state index contributed by atoms with van der Waals surface area (Å²) < 4.78 is 21.8. The molecule has 0 saturated carbocycles. The van der Waals surface area contributed by atoms with Gasteiger partial charge < -0.3 is 5.11 Å². The van der Waals surface area contributed by atoms with Crippen molar-refractivity contribution in [3.8, 4) is 6.07 Å². The number of aliphatic hydroxyl groups excluding tert-OH is 1. The number of hydrogen-bond donors (Lipinski definition) is 1. The van der Waals surface area contributed by atoms with E-state index in [9.17, 15) is 8.42 Å². The highest BCUT2D eigenvalue weighted by Crippen LogP contribution is 2.17. The minimum absolute atomic E-state index is 0.00630. The van der Waals surface area contributed by atoms with Crippen LogP contribution in [0.2, 0.25) is 0 Å². The molecule has 1 aliphatic rings. The fourth-order valence-electron chi connectivity index (χ4n) is 1.09. The molecule has 0 amide bonds. The summed E-state index contributed by atoms with van der Waals surface area (Å²) in [7, 11) is -3.06. The highest BCUT2D eigenvalue weighted by Gasteiger charge is 2.31. The molecule has 0 aromatic carbocycles. The summed E-state index contributed by atoms with van der Waals surface area (Å²) in [6.07, 6.45) is -0.566. The van der Waals surface area contributed by atoms with E-state index in [2.05, 4.69) is 0 Å². The van der Waals surface area contributed by atoms with Crippen LogP contribution >= 0.6 is 0 Å². The van der Waals surface area contributed by atoms with Crippen molar-refractivity contribution in [2.45, 2.75) is 12.5 Å². The van der Waals surface area contributed by atoms with E-state index >= 15 is 0 Å². The quantitative estimate of drug-likeness (QED) is 0.528. The van der Waals surface area contributed by atoms with Gasteiger partial charge in [-0.1, -0.05) is 0 Å². The van der Waals surface area contributed by atoms with Gasteiger partial charge in [0.25, 0.3) is 0 Å². The van der Waals surface area contributed by atoms with Gasteiger partial charge in [0, 0.05) is 0 Å². The summed E-state index contributed by atoms with van der Waals surface area (Å²) in [5.74, 6) is -0.912. The predicted octanol–water partition coefficient (Wildman–Crippen LogP) is -0.694. The van der Waals surface area contributed by atoms with Gasteiger partial charge in [-0.05, 0) is 6.42 Å². The zero-order valence-corrected chi connectivity index (χ0v) is 6.71. The highest BCUT2D eigenvalue weighted by atomic mass is 32.2. The van der Waals surface area contributed by atoms with E-state index in [0.29, 0.717) is 0 Å². The largest absolute Gasteiger partial charge is 0.392 e. The third kappa shape index (κ3) is 1.91. The van der Waals surface area contributed by atoms with Gasteiger partial charge in [-0.2, -0.15) is 5.26 Å². The lowest BCUT2D eigenvalue weighted by atomic mass is 10.0. The van der Waals surface area contributed by atoms with Crippen LogP contribution in [-0.4, -0.2) is 31.1 Å².